The Kier molecular flexibility index (Phi) is 3.62. The highest BCUT2D eigenvalue weighted by atomic mass is 16.6. The molecule has 1 aliphatic heterocycles. The van der Waals surface area contributed by atoms with Crippen molar-refractivity contribution in [2.75, 3.05) is 0 Å². The lowest BCUT2D eigenvalue weighted by Gasteiger charge is -2.58. The average molecular weight is 373 g/mol. The van der Waals surface area contributed by atoms with E-state index in [1.165, 1.54) is 18.9 Å². The average Bonchev–Trinajstić information content (AvgIpc) is 3.27. The number of ether oxygens (including phenoxy) is 2. The number of fused-ring (bicyclic) bond motifs is 7. The van der Waals surface area contributed by atoms with E-state index in [1.807, 2.05) is 0 Å². The molecule has 1 saturated heterocycles. The van der Waals surface area contributed by atoms with Crippen LogP contribution in [0.3, 0.4) is 0 Å². The predicted molar refractivity (Wildman–Crippen MR) is 101 cm³/mol. The third kappa shape index (κ3) is 2.14. The Balaban J connectivity index is 1.43. The fourth-order valence-corrected chi connectivity index (χ4v) is 8.03. The lowest BCUT2D eigenvalue weighted by Crippen LogP contribution is -2.54. The molecule has 0 radical (unpaired) electrons. The quantitative estimate of drug-likeness (QED) is 0.414. The maximum absolute atomic E-state index is 12.5. The van der Waals surface area contributed by atoms with Gasteiger partial charge in [0.05, 0.1) is 6.10 Å². The van der Waals surface area contributed by atoms with Crippen molar-refractivity contribution in [1.29, 1.82) is 0 Å². The molecule has 0 aromatic heterocycles. The Morgan fingerprint density at radius 3 is 2.63 bits per heavy atom. The van der Waals surface area contributed by atoms with Crippen LogP contribution in [0.2, 0.25) is 0 Å². The highest BCUT2D eigenvalue weighted by molar-refractivity contribution is 5.90. The summed E-state index contributed by atoms with van der Waals surface area (Å²) in [7, 11) is 0. The number of ketones is 1. The summed E-state index contributed by atoms with van der Waals surface area (Å²) in [6, 6.07) is 0. The van der Waals surface area contributed by atoms with Gasteiger partial charge >= 0.3 is 5.97 Å². The second-order valence-corrected chi connectivity index (χ2v) is 10.3. The molecular formula is C23H32O4. The molecular weight excluding hydrogens is 340 g/mol. The number of Topliss-reactive ketones (excluding diaryl/α,β-unsaturated/α-hetero) is 1. The van der Waals surface area contributed by atoms with E-state index in [4.69, 9.17) is 9.47 Å². The molecule has 3 saturated carbocycles. The number of carbonyl (C=O) groups excluding carboxylic acids is 2. The molecule has 5 aliphatic rings. The lowest BCUT2D eigenvalue weighted by molar-refractivity contribution is -0.149. The first kappa shape index (κ1) is 17.9. The van der Waals surface area contributed by atoms with Crippen molar-refractivity contribution in [3.05, 3.63) is 11.6 Å². The van der Waals surface area contributed by atoms with E-state index < -0.39 is 5.60 Å². The van der Waals surface area contributed by atoms with Gasteiger partial charge in [0.2, 0.25) is 0 Å². The van der Waals surface area contributed by atoms with Crippen LogP contribution in [-0.4, -0.2) is 29.6 Å². The van der Waals surface area contributed by atoms with Gasteiger partial charge in [0.1, 0.15) is 6.10 Å². The van der Waals surface area contributed by atoms with Crippen LogP contribution in [-0.2, 0) is 19.1 Å². The van der Waals surface area contributed by atoms with Crippen molar-refractivity contribution < 1.29 is 19.1 Å². The molecule has 4 heteroatoms. The molecule has 1 heterocycles. The molecule has 0 aromatic carbocycles. The summed E-state index contributed by atoms with van der Waals surface area (Å²) in [6.07, 6.45) is 10.1. The molecule has 27 heavy (non-hydrogen) atoms. The Morgan fingerprint density at radius 1 is 1.15 bits per heavy atom. The number of rotatable bonds is 2. The van der Waals surface area contributed by atoms with Crippen LogP contribution in [0.25, 0.3) is 0 Å². The minimum absolute atomic E-state index is 0.0152. The molecule has 0 spiro atoms. The number of esters is 1. The molecule has 4 aliphatic carbocycles. The van der Waals surface area contributed by atoms with Crippen molar-refractivity contribution >= 4 is 11.8 Å². The maximum Gasteiger partial charge on any atom is 0.302 e. The topological polar surface area (TPSA) is 55.9 Å². The fourth-order valence-electron chi connectivity index (χ4n) is 8.03. The fraction of sp³-hybridized carbons (Fsp3) is 0.826. The van der Waals surface area contributed by atoms with Crippen LogP contribution in [0, 0.1) is 28.6 Å². The van der Waals surface area contributed by atoms with E-state index in [0.717, 1.165) is 38.5 Å². The van der Waals surface area contributed by atoms with Crippen LogP contribution in [0.5, 0.6) is 0 Å². The van der Waals surface area contributed by atoms with Crippen LogP contribution in [0.15, 0.2) is 11.6 Å². The molecule has 0 aromatic rings. The molecule has 8 atom stereocenters. The van der Waals surface area contributed by atoms with Gasteiger partial charge in [-0.15, -0.1) is 0 Å². The zero-order valence-electron chi connectivity index (χ0n) is 17.0. The molecule has 0 bridgehead atoms. The summed E-state index contributed by atoms with van der Waals surface area (Å²) < 4.78 is 11.6. The Morgan fingerprint density at radius 2 is 1.93 bits per heavy atom. The molecule has 4 fully saturated rings. The van der Waals surface area contributed by atoms with Crippen molar-refractivity contribution in [3.8, 4) is 0 Å². The smallest absolute Gasteiger partial charge is 0.302 e. The van der Waals surface area contributed by atoms with E-state index in [9.17, 15) is 9.59 Å². The van der Waals surface area contributed by atoms with E-state index in [-0.39, 0.29) is 34.8 Å². The Bertz CT molecular complexity index is 741. The van der Waals surface area contributed by atoms with Crippen LogP contribution in [0.4, 0.5) is 0 Å². The largest absolute Gasteiger partial charge is 0.462 e. The maximum atomic E-state index is 12.5. The van der Waals surface area contributed by atoms with Crippen molar-refractivity contribution in [2.45, 2.75) is 90.4 Å². The van der Waals surface area contributed by atoms with Crippen LogP contribution in [0.1, 0.15) is 72.6 Å². The highest BCUT2D eigenvalue weighted by Crippen LogP contribution is 2.73. The van der Waals surface area contributed by atoms with E-state index in [0.29, 0.717) is 17.8 Å². The van der Waals surface area contributed by atoms with Crippen molar-refractivity contribution in [3.63, 3.8) is 0 Å². The summed E-state index contributed by atoms with van der Waals surface area (Å²) >= 11 is 0. The second kappa shape index (κ2) is 5.46. The molecule has 4 nitrogen and oxygen atoms in total. The summed E-state index contributed by atoms with van der Waals surface area (Å²) in [5, 5.41) is 0. The molecule has 148 valence electrons. The normalized spacial score (nSPS) is 52.6. The second-order valence-electron chi connectivity index (χ2n) is 10.3. The first-order chi connectivity index (χ1) is 12.7. The van der Waals surface area contributed by atoms with Gasteiger partial charge in [-0.05, 0) is 68.6 Å². The molecule has 5 rings (SSSR count). The lowest BCUT2D eigenvalue weighted by atomic mass is 9.47. The number of epoxide rings is 1. The van der Waals surface area contributed by atoms with Crippen molar-refractivity contribution in [2.24, 2.45) is 28.6 Å². The van der Waals surface area contributed by atoms with Crippen LogP contribution >= 0.6 is 0 Å². The SMILES string of the molecule is CC(=O)O[C@H]1CC[C@@]2(C)C(=CC[C@H]3[C@H]2CC[C@@]2(C)[C@H]3C[C@H]3O[C@]32C(C)=O)C1. The van der Waals surface area contributed by atoms with Gasteiger partial charge in [-0.2, -0.15) is 0 Å². The van der Waals surface area contributed by atoms with E-state index in [2.05, 4.69) is 19.9 Å². The third-order valence-corrected chi connectivity index (χ3v) is 9.34. The van der Waals surface area contributed by atoms with Gasteiger partial charge in [0, 0.05) is 18.8 Å². The zero-order chi connectivity index (χ0) is 19.2. The monoisotopic (exact) mass is 372 g/mol. The highest BCUT2D eigenvalue weighted by Gasteiger charge is 2.79. The molecule has 0 N–H and O–H groups in total. The van der Waals surface area contributed by atoms with E-state index in [1.54, 1.807) is 6.92 Å². The Labute approximate surface area is 162 Å². The van der Waals surface area contributed by atoms with Gasteiger partial charge in [-0.1, -0.05) is 25.5 Å². The van der Waals surface area contributed by atoms with Gasteiger partial charge in [-0.3, -0.25) is 9.59 Å². The standard InChI is InChI=1S/C23H32O4/c1-13(24)23-20(27-23)12-19-17-6-5-15-11-16(26-14(2)25)7-9-21(15,3)18(17)8-10-22(19,23)4/h5,16-20H,6-12H2,1-4H3/t16-,17-,18+,19-,20+,21-,22-,23+/m0/s1. The number of carbonyl (C=O) groups is 2. The van der Waals surface area contributed by atoms with Crippen LogP contribution < -0.4 is 0 Å². The van der Waals surface area contributed by atoms with Gasteiger partial charge in [0.25, 0.3) is 0 Å². The summed E-state index contributed by atoms with van der Waals surface area (Å²) in [4.78, 5) is 23.8. The minimum atomic E-state index is -0.472. The first-order valence-corrected chi connectivity index (χ1v) is 10.8. The van der Waals surface area contributed by atoms with Gasteiger partial charge in [0.15, 0.2) is 11.4 Å². The molecule has 0 unspecified atom stereocenters. The summed E-state index contributed by atoms with van der Waals surface area (Å²) in [5.41, 5.74) is 1.30. The number of allylic oxidation sites excluding steroid dienone is 1. The zero-order valence-corrected chi connectivity index (χ0v) is 17.0. The number of hydrogen-bond donors (Lipinski definition) is 0. The van der Waals surface area contributed by atoms with Crippen molar-refractivity contribution in [1.82, 2.24) is 0 Å². The van der Waals surface area contributed by atoms with Gasteiger partial charge in [-0.25, -0.2) is 0 Å². The molecule has 0 amide bonds. The third-order valence-electron chi connectivity index (χ3n) is 9.34. The minimum Gasteiger partial charge on any atom is -0.462 e. The predicted octanol–water partition coefficient (Wildman–Crippen LogP) is 4.22. The first-order valence-electron chi connectivity index (χ1n) is 10.8. The summed E-state index contributed by atoms with van der Waals surface area (Å²) in [6.45, 7) is 8.03. The summed E-state index contributed by atoms with van der Waals surface area (Å²) in [5.74, 6) is 2.03. The Hall–Kier alpha value is -1.16. The van der Waals surface area contributed by atoms with Gasteiger partial charge < -0.3 is 9.47 Å². The number of hydrogen-bond acceptors (Lipinski definition) is 4. The van der Waals surface area contributed by atoms with E-state index >= 15 is 0 Å².